The molecule has 5 nitrogen and oxygen atoms in total. The molecule has 1 aliphatic heterocycles. The van der Waals surface area contributed by atoms with Crippen molar-refractivity contribution in [3.63, 3.8) is 0 Å². The van der Waals surface area contributed by atoms with Gasteiger partial charge in [-0.2, -0.15) is 0 Å². The van der Waals surface area contributed by atoms with Gasteiger partial charge in [0.1, 0.15) is 17.5 Å². The smallest absolute Gasteiger partial charge is 0.230 e. The molecule has 0 bridgehead atoms. The van der Waals surface area contributed by atoms with Gasteiger partial charge in [0, 0.05) is 30.9 Å². The standard InChI is InChI=1S/C25H28N2O3.ClH/c1-17(2)11-13-27-19(4)18(3)24-25(27)21(10-12-26-24)30-22(23-15-28-16-29-23)14-20-8-6-5-7-9-20;/h5-12,15,22H,13-14,16H2,1-4H3;1H. The van der Waals surface area contributed by atoms with Gasteiger partial charge >= 0.3 is 0 Å². The van der Waals surface area contributed by atoms with E-state index in [-0.39, 0.29) is 25.3 Å². The number of ether oxygens (including phenoxy) is 3. The summed E-state index contributed by atoms with van der Waals surface area (Å²) < 4.78 is 19.9. The van der Waals surface area contributed by atoms with E-state index in [2.05, 4.69) is 55.5 Å². The number of benzene rings is 1. The number of fused-ring (bicyclic) bond motifs is 1. The lowest BCUT2D eigenvalue weighted by Crippen LogP contribution is -2.23. The van der Waals surface area contributed by atoms with Crippen molar-refractivity contribution in [2.45, 2.75) is 46.8 Å². The summed E-state index contributed by atoms with van der Waals surface area (Å²) in [6, 6.07) is 12.2. The molecule has 164 valence electrons. The van der Waals surface area contributed by atoms with Crippen LogP contribution in [0.4, 0.5) is 0 Å². The predicted molar refractivity (Wildman–Crippen MR) is 126 cm³/mol. The number of nitrogens with zero attached hydrogens (tertiary/aromatic N) is 2. The van der Waals surface area contributed by atoms with Crippen LogP contribution in [0.1, 0.15) is 30.7 Å². The Labute approximate surface area is 189 Å². The first-order chi connectivity index (χ1) is 14.5. The summed E-state index contributed by atoms with van der Waals surface area (Å²) in [6.07, 6.45) is 6.10. The van der Waals surface area contributed by atoms with Crippen molar-refractivity contribution in [3.05, 3.63) is 83.1 Å². The van der Waals surface area contributed by atoms with Gasteiger partial charge in [-0.1, -0.05) is 42.0 Å². The highest BCUT2D eigenvalue weighted by atomic mass is 35.5. The third-order valence-electron chi connectivity index (χ3n) is 5.49. The molecular weight excluding hydrogens is 412 g/mol. The molecule has 2 aromatic heterocycles. The molecule has 6 heteroatoms. The Morgan fingerprint density at radius 1 is 1.19 bits per heavy atom. The van der Waals surface area contributed by atoms with E-state index in [1.165, 1.54) is 22.4 Å². The molecule has 1 unspecified atom stereocenters. The van der Waals surface area contributed by atoms with Crippen molar-refractivity contribution in [1.82, 2.24) is 9.55 Å². The molecule has 0 saturated carbocycles. The van der Waals surface area contributed by atoms with Crippen molar-refractivity contribution in [1.29, 1.82) is 0 Å². The normalized spacial score (nSPS) is 13.6. The van der Waals surface area contributed by atoms with Crippen LogP contribution in [-0.4, -0.2) is 22.4 Å². The van der Waals surface area contributed by atoms with Crippen LogP contribution in [0.5, 0.6) is 5.75 Å². The summed E-state index contributed by atoms with van der Waals surface area (Å²) >= 11 is 0. The average Bonchev–Trinajstić information content (AvgIpc) is 3.36. The second-order valence-corrected chi connectivity index (χ2v) is 7.85. The molecule has 4 rings (SSSR count). The number of hydrogen-bond acceptors (Lipinski definition) is 4. The van der Waals surface area contributed by atoms with Gasteiger partial charge in [-0.3, -0.25) is 4.98 Å². The largest absolute Gasteiger partial charge is 0.480 e. The molecule has 1 atom stereocenters. The van der Waals surface area contributed by atoms with E-state index in [1.54, 1.807) is 6.26 Å². The van der Waals surface area contributed by atoms with Crippen LogP contribution in [0.3, 0.4) is 0 Å². The van der Waals surface area contributed by atoms with Gasteiger partial charge in [-0.25, -0.2) is 0 Å². The molecule has 3 aromatic rings. The second kappa shape index (κ2) is 9.92. The fourth-order valence-corrected chi connectivity index (χ4v) is 3.71. The van der Waals surface area contributed by atoms with Crippen molar-refractivity contribution in [2.24, 2.45) is 0 Å². The number of halogens is 1. The molecule has 1 aromatic carbocycles. The minimum absolute atomic E-state index is 0. The average molecular weight is 441 g/mol. The molecule has 0 radical (unpaired) electrons. The number of rotatable bonds is 7. The molecule has 3 heterocycles. The fraction of sp³-hybridized carbons (Fsp3) is 0.320. The van der Waals surface area contributed by atoms with Crippen LogP contribution < -0.4 is 4.74 Å². The fourth-order valence-electron chi connectivity index (χ4n) is 3.71. The first-order valence-electron chi connectivity index (χ1n) is 10.3. The zero-order valence-corrected chi connectivity index (χ0v) is 19.2. The zero-order valence-electron chi connectivity index (χ0n) is 18.4. The summed E-state index contributed by atoms with van der Waals surface area (Å²) in [6.45, 7) is 9.49. The summed E-state index contributed by atoms with van der Waals surface area (Å²) in [7, 11) is 0. The van der Waals surface area contributed by atoms with Crippen LogP contribution in [0, 0.1) is 13.8 Å². The van der Waals surface area contributed by atoms with Gasteiger partial charge in [0.15, 0.2) is 11.9 Å². The van der Waals surface area contributed by atoms with E-state index in [0.29, 0.717) is 12.2 Å². The molecule has 1 aliphatic rings. The first kappa shape index (κ1) is 22.8. The van der Waals surface area contributed by atoms with E-state index in [0.717, 1.165) is 23.3 Å². The first-order valence-corrected chi connectivity index (χ1v) is 10.3. The molecular formula is C25H29ClN2O3. The van der Waals surface area contributed by atoms with E-state index in [9.17, 15) is 0 Å². The van der Waals surface area contributed by atoms with E-state index >= 15 is 0 Å². The van der Waals surface area contributed by atoms with E-state index in [4.69, 9.17) is 14.2 Å². The summed E-state index contributed by atoms with van der Waals surface area (Å²) in [5.41, 5.74) is 6.83. The van der Waals surface area contributed by atoms with Crippen molar-refractivity contribution in [3.8, 4) is 5.75 Å². The third-order valence-corrected chi connectivity index (χ3v) is 5.49. The highest BCUT2D eigenvalue weighted by Gasteiger charge is 2.25. The minimum atomic E-state index is -0.284. The Hall–Kier alpha value is -2.92. The lowest BCUT2D eigenvalue weighted by molar-refractivity contribution is 0.0559. The SMILES string of the molecule is CC(C)=CCn1c(C)c(C)c2nccc(OC(Cc3ccccc3)C3=COCO3)c21.Cl. The van der Waals surface area contributed by atoms with Crippen LogP contribution in [0.25, 0.3) is 11.0 Å². The van der Waals surface area contributed by atoms with Gasteiger partial charge in [-0.05, 0) is 38.8 Å². The van der Waals surface area contributed by atoms with Crippen LogP contribution in [-0.2, 0) is 22.4 Å². The number of hydrogen-bond donors (Lipinski definition) is 0. The lowest BCUT2D eigenvalue weighted by atomic mass is 10.1. The van der Waals surface area contributed by atoms with Crippen molar-refractivity contribution >= 4 is 23.4 Å². The number of aromatic nitrogens is 2. The highest BCUT2D eigenvalue weighted by Crippen LogP contribution is 2.33. The molecule has 0 saturated heterocycles. The quantitative estimate of drug-likeness (QED) is 0.430. The Morgan fingerprint density at radius 2 is 1.97 bits per heavy atom. The Balaban J connectivity index is 0.00000272. The maximum atomic E-state index is 6.58. The molecule has 0 fully saturated rings. The Morgan fingerprint density at radius 3 is 2.65 bits per heavy atom. The summed E-state index contributed by atoms with van der Waals surface area (Å²) in [5.74, 6) is 1.51. The molecule has 0 amide bonds. The monoisotopic (exact) mass is 440 g/mol. The summed E-state index contributed by atoms with van der Waals surface area (Å²) in [4.78, 5) is 4.65. The predicted octanol–water partition coefficient (Wildman–Crippen LogP) is 5.88. The summed E-state index contributed by atoms with van der Waals surface area (Å²) in [5, 5.41) is 0. The Bertz CT molecular complexity index is 1100. The van der Waals surface area contributed by atoms with E-state index in [1.807, 2.05) is 30.5 Å². The zero-order chi connectivity index (χ0) is 21.1. The minimum Gasteiger partial charge on any atom is -0.480 e. The van der Waals surface area contributed by atoms with Gasteiger partial charge in [0.2, 0.25) is 6.79 Å². The number of allylic oxidation sites excluding steroid dienone is 2. The van der Waals surface area contributed by atoms with Crippen LogP contribution in [0.15, 0.2) is 66.3 Å². The van der Waals surface area contributed by atoms with Gasteiger partial charge < -0.3 is 18.8 Å². The van der Waals surface area contributed by atoms with Gasteiger partial charge in [0.25, 0.3) is 0 Å². The number of aryl methyl sites for hydroxylation is 1. The highest BCUT2D eigenvalue weighted by molar-refractivity contribution is 5.86. The second-order valence-electron chi connectivity index (χ2n) is 7.85. The van der Waals surface area contributed by atoms with Crippen LogP contribution in [0.2, 0.25) is 0 Å². The number of pyridine rings is 1. The molecule has 0 aliphatic carbocycles. The topological polar surface area (TPSA) is 45.5 Å². The van der Waals surface area contributed by atoms with Crippen molar-refractivity contribution in [2.75, 3.05) is 6.79 Å². The van der Waals surface area contributed by atoms with Gasteiger partial charge in [-0.15, -0.1) is 12.4 Å². The van der Waals surface area contributed by atoms with Crippen molar-refractivity contribution < 1.29 is 14.2 Å². The Kier molecular flexibility index (Phi) is 7.29. The molecule has 0 spiro atoms. The third kappa shape index (κ3) is 4.88. The lowest BCUT2D eigenvalue weighted by Gasteiger charge is -2.20. The van der Waals surface area contributed by atoms with Gasteiger partial charge in [0.05, 0.1) is 5.52 Å². The maximum Gasteiger partial charge on any atom is 0.230 e. The van der Waals surface area contributed by atoms with E-state index < -0.39 is 0 Å². The molecule has 31 heavy (non-hydrogen) atoms. The maximum absolute atomic E-state index is 6.58. The molecule has 0 N–H and O–H groups in total. The van der Waals surface area contributed by atoms with Crippen LogP contribution >= 0.6 is 12.4 Å².